The molecule has 1 aliphatic carbocycles. The Morgan fingerprint density at radius 3 is 2.28 bits per heavy atom. The number of thiazole rings is 1. The summed E-state index contributed by atoms with van der Waals surface area (Å²) in [6.07, 6.45) is -4.47. The lowest BCUT2D eigenvalue weighted by atomic mass is 9.97. The summed E-state index contributed by atoms with van der Waals surface area (Å²) in [6, 6.07) is -0.0984. The molecule has 0 spiro atoms. The smallest absolute Gasteiger partial charge is 0.435 e. The first-order valence-electron chi connectivity index (χ1n) is 11.6. The maximum atomic E-state index is 13.2. The van der Waals surface area contributed by atoms with Gasteiger partial charge in [-0.3, -0.25) is 9.48 Å². The molecule has 0 unspecified atom stereocenters. The molecule has 7 nitrogen and oxygen atoms in total. The number of rotatable bonds is 5. The number of nitrogens with zero attached hydrogens (tertiary/aromatic N) is 4. The van der Waals surface area contributed by atoms with Crippen LogP contribution in [0.1, 0.15) is 77.7 Å². The summed E-state index contributed by atoms with van der Waals surface area (Å²) in [6.45, 7) is -0.566. The second-order valence-corrected chi connectivity index (χ2v) is 9.85. The zero-order valence-electron chi connectivity index (χ0n) is 19.1. The summed E-state index contributed by atoms with van der Waals surface area (Å²) in [5.41, 5.74) is -3.10. The number of ether oxygens (including phenoxy) is 1. The fourth-order valence-electron chi connectivity index (χ4n) is 4.47. The Morgan fingerprint density at radius 2 is 1.67 bits per heavy atom. The molecule has 1 aliphatic heterocycles. The van der Waals surface area contributed by atoms with Crippen LogP contribution >= 0.6 is 11.3 Å². The van der Waals surface area contributed by atoms with Crippen LogP contribution in [-0.4, -0.2) is 50.7 Å². The topological polar surface area (TPSA) is 77.3 Å². The van der Waals surface area contributed by atoms with Crippen molar-refractivity contribution in [2.24, 2.45) is 0 Å². The van der Waals surface area contributed by atoms with Gasteiger partial charge in [-0.2, -0.15) is 31.4 Å². The average molecular weight is 539 g/mol. The summed E-state index contributed by atoms with van der Waals surface area (Å²) >= 11 is 1.31. The number of halogens is 6. The maximum absolute atomic E-state index is 13.2. The lowest BCUT2D eigenvalue weighted by Gasteiger charge is -2.31. The number of hydrogen-bond donors (Lipinski definition) is 0. The van der Waals surface area contributed by atoms with Crippen molar-refractivity contribution in [1.82, 2.24) is 19.7 Å². The summed E-state index contributed by atoms with van der Waals surface area (Å²) in [5, 5.41) is 5.32. The van der Waals surface area contributed by atoms with Gasteiger partial charge in [0.1, 0.15) is 18.3 Å². The molecule has 0 bridgehead atoms. The van der Waals surface area contributed by atoms with Gasteiger partial charge in [0, 0.05) is 30.5 Å². The molecule has 2 aromatic rings. The van der Waals surface area contributed by atoms with Gasteiger partial charge in [-0.05, 0) is 38.5 Å². The highest BCUT2D eigenvalue weighted by Gasteiger charge is 2.42. The van der Waals surface area contributed by atoms with Crippen LogP contribution in [0.25, 0.3) is 0 Å². The first kappa shape index (κ1) is 26.4. The minimum Gasteiger partial charge on any atom is -0.458 e. The quantitative estimate of drug-likeness (QED) is 0.383. The SMILES string of the molecule is O=C(OC1CCCCC1)c1csc(C2CCN(C(=O)Cn3nc(C(F)(F)F)cc3C(F)(F)F)CC2)n1. The number of carbonyl (C=O) groups excluding carboxylic acids is 2. The second kappa shape index (κ2) is 10.4. The standard InChI is InChI=1S/C22H24F6N4O3S/c23-21(24,25)16-10-17(22(26,27)28)32(30-16)11-18(33)31-8-6-13(7-9-31)19-29-15(12-36-19)20(34)35-14-4-2-1-3-5-14/h10,12-14H,1-9,11H2. The number of aromatic nitrogens is 3. The Morgan fingerprint density at radius 1 is 1.00 bits per heavy atom. The van der Waals surface area contributed by atoms with E-state index in [1.165, 1.54) is 16.2 Å². The Labute approximate surface area is 206 Å². The van der Waals surface area contributed by atoms with Crippen LogP contribution in [0, 0.1) is 0 Å². The van der Waals surface area contributed by atoms with Gasteiger partial charge < -0.3 is 9.64 Å². The van der Waals surface area contributed by atoms with E-state index in [9.17, 15) is 35.9 Å². The molecule has 2 fully saturated rings. The molecule has 0 radical (unpaired) electrons. The van der Waals surface area contributed by atoms with Gasteiger partial charge >= 0.3 is 18.3 Å². The number of hydrogen-bond acceptors (Lipinski definition) is 6. The van der Waals surface area contributed by atoms with Crippen LogP contribution in [0.15, 0.2) is 11.4 Å². The number of amides is 1. The average Bonchev–Trinajstić information content (AvgIpc) is 3.47. The van der Waals surface area contributed by atoms with Gasteiger partial charge in [0.25, 0.3) is 0 Å². The van der Waals surface area contributed by atoms with Crippen LogP contribution in [0.3, 0.4) is 0 Å². The number of esters is 1. The van der Waals surface area contributed by atoms with Gasteiger partial charge in [0.05, 0.1) is 5.01 Å². The molecule has 0 N–H and O–H groups in total. The van der Waals surface area contributed by atoms with E-state index in [0.717, 1.165) is 32.1 Å². The van der Waals surface area contributed by atoms with Crippen LogP contribution < -0.4 is 0 Å². The molecule has 0 aromatic carbocycles. The second-order valence-electron chi connectivity index (χ2n) is 8.96. The van der Waals surface area contributed by atoms with E-state index in [1.807, 2.05) is 0 Å². The van der Waals surface area contributed by atoms with Crippen molar-refractivity contribution < 1.29 is 40.7 Å². The molecule has 1 amide bonds. The van der Waals surface area contributed by atoms with Gasteiger partial charge in [0.15, 0.2) is 11.4 Å². The van der Waals surface area contributed by atoms with Crippen molar-refractivity contribution in [2.45, 2.75) is 75.9 Å². The summed E-state index contributed by atoms with van der Waals surface area (Å²) in [5.74, 6) is -1.27. The Bertz CT molecular complexity index is 1080. The largest absolute Gasteiger partial charge is 0.458 e. The molecule has 36 heavy (non-hydrogen) atoms. The summed E-state index contributed by atoms with van der Waals surface area (Å²) in [7, 11) is 0. The minimum absolute atomic E-state index is 0.0532. The van der Waals surface area contributed by atoms with Gasteiger partial charge in [-0.25, -0.2) is 9.78 Å². The van der Waals surface area contributed by atoms with E-state index in [4.69, 9.17) is 4.74 Å². The van der Waals surface area contributed by atoms with Crippen LogP contribution in [-0.2, 0) is 28.4 Å². The first-order valence-corrected chi connectivity index (χ1v) is 12.5. The van der Waals surface area contributed by atoms with Crippen LogP contribution in [0.4, 0.5) is 26.3 Å². The third-order valence-corrected chi connectivity index (χ3v) is 7.41. The molecular formula is C22H24F6N4O3S. The van der Waals surface area contributed by atoms with E-state index < -0.39 is 42.2 Å². The number of alkyl halides is 6. The van der Waals surface area contributed by atoms with Crippen LogP contribution in [0.5, 0.6) is 0 Å². The molecule has 3 heterocycles. The van der Waals surface area contributed by atoms with Crippen molar-refractivity contribution in [3.8, 4) is 0 Å². The third kappa shape index (κ3) is 6.19. The van der Waals surface area contributed by atoms with Crippen molar-refractivity contribution in [1.29, 1.82) is 0 Å². The Hall–Kier alpha value is -2.64. The van der Waals surface area contributed by atoms with Crippen molar-refractivity contribution in [3.05, 3.63) is 33.5 Å². The first-order chi connectivity index (χ1) is 16.9. The van der Waals surface area contributed by atoms with E-state index in [2.05, 4.69) is 10.1 Å². The lowest BCUT2D eigenvalue weighted by Crippen LogP contribution is -2.40. The zero-order chi connectivity index (χ0) is 26.1. The highest BCUT2D eigenvalue weighted by molar-refractivity contribution is 7.09. The maximum Gasteiger partial charge on any atom is 0.435 e. The molecule has 0 atom stereocenters. The van der Waals surface area contributed by atoms with Gasteiger partial charge in [-0.15, -0.1) is 11.3 Å². The van der Waals surface area contributed by atoms with Gasteiger partial charge in [0.2, 0.25) is 5.91 Å². The highest BCUT2D eigenvalue weighted by atomic mass is 32.1. The molecule has 2 aliphatic rings. The van der Waals surface area contributed by atoms with E-state index >= 15 is 0 Å². The van der Waals surface area contributed by atoms with Crippen molar-refractivity contribution in [3.63, 3.8) is 0 Å². The Kier molecular flexibility index (Phi) is 7.62. The van der Waals surface area contributed by atoms with Crippen LogP contribution in [0.2, 0.25) is 0 Å². The Balaban J connectivity index is 1.34. The van der Waals surface area contributed by atoms with Gasteiger partial charge in [-0.1, -0.05) is 6.42 Å². The number of carbonyl (C=O) groups is 2. The lowest BCUT2D eigenvalue weighted by molar-refractivity contribution is -0.146. The molecule has 4 rings (SSSR count). The fraction of sp³-hybridized carbons (Fsp3) is 0.636. The molecular weight excluding hydrogens is 514 g/mol. The van der Waals surface area contributed by atoms with E-state index in [1.54, 1.807) is 5.38 Å². The minimum atomic E-state index is -5.09. The molecule has 1 saturated heterocycles. The molecule has 14 heteroatoms. The number of piperidine rings is 1. The molecule has 198 valence electrons. The monoisotopic (exact) mass is 538 g/mol. The molecule has 1 saturated carbocycles. The van der Waals surface area contributed by atoms with E-state index in [0.29, 0.717) is 17.8 Å². The fourth-order valence-corrected chi connectivity index (χ4v) is 5.43. The predicted octanol–water partition coefficient (Wildman–Crippen LogP) is 5.27. The third-order valence-electron chi connectivity index (χ3n) is 6.40. The predicted molar refractivity (Wildman–Crippen MR) is 115 cm³/mol. The normalized spacial score (nSPS) is 18.4. The summed E-state index contributed by atoms with van der Waals surface area (Å²) < 4.78 is 83.7. The zero-order valence-corrected chi connectivity index (χ0v) is 19.9. The highest BCUT2D eigenvalue weighted by Crippen LogP contribution is 2.36. The summed E-state index contributed by atoms with van der Waals surface area (Å²) in [4.78, 5) is 30.7. The van der Waals surface area contributed by atoms with Crippen molar-refractivity contribution in [2.75, 3.05) is 13.1 Å². The number of likely N-dealkylation sites (tertiary alicyclic amines) is 1. The van der Waals surface area contributed by atoms with E-state index in [-0.39, 0.29) is 41.6 Å². The molecule has 2 aromatic heterocycles. The van der Waals surface area contributed by atoms with Crippen molar-refractivity contribution >= 4 is 23.2 Å².